The Morgan fingerprint density at radius 2 is 1.87 bits per heavy atom. The second-order valence-electron chi connectivity index (χ2n) is 8.83. The lowest BCUT2D eigenvalue weighted by molar-refractivity contribution is -0.152. The standard InChI is InChI=1S/C22H30N4O4S/c27-18(13-17-19(28)25-21(30)24-17)26(14-16-9-6-12-31-16)22(10-4-1-5-11-22)20(29)23-15-7-2-3-8-15/h6,9,12,15,17H,1-5,7-8,10-11,13-14H2,(H,23,29)(H2,24,25,28,30). The van der Waals surface area contributed by atoms with Crippen LogP contribution in [0.1, 0.15) is 69.1 Å². The van der Waals surface area contributed by atoms with E-state index in [1.165, 1.54) is 0 Å². The van der Waals surface area contributed by atoms with E-state index >= 15 is 0 Å². The van der Waals surface area contributed by atoms with E-state index in [1.54, 1.807) is 16.2 Å². The number of carbonyl (C=O) groups excluding carboxylic acids is 4. The van der Waals surface area contributed by atoms with Gasteiger partial charge in [-0.3, -0.25) is 19.7 Å². The zero-order chi connectivity index (χ0) is 21.8. The van der Waals surface area contributed by atoms with Crippen molar-refractivity contribution in [2.75, 3.05) is 0 Å². The summed E-state index contributed by atoms with van der Waals surface area (Å²) in [6.07, 6.45) is 8.09. The SMILES string of the molecule is O=C1NC(=O)C(CC(=O)N(Cc2cccs2)C2(C(=O)NC3CCCC3)CCCCC2)N1. The Labute approximate surface area is 186 Å². The first kappa shape index (κ1) is 21.8. The van der Waals surface area contributed by atoms with Crippen LogP contribution in [-0.4, -0.2) is 46.3 Å². The molecule has 2 aliphatic carbocycles. The molecule has 8 nitrogen and oxygen atoms in total. The molecule has 1 aromatic rings. The average Bonchev–Trinajstić information content (AvgIpc) is 3.50. The van der Waals surface area contributed by atoms with Gasteiger partial charge in [-0.05, 0) is 37.1 Å². The number of rotatable bonds is 7. The number of amides is 5. The largest absolute Gasteiger partial charge is 0.351 e. The molecule has 0 aromatic carbocycles. The van der Waals surface area contributed by atoms with Crippen LogP contribution < -0.4 is 16.0 Å². The Bertz CT molecular complexity index is 829. The monoisotopic (exact) mass is 446 g/mol. The molecule has 1 aromatic heterocycles. The van der Waals surface area contributed by atoms with Crippen LogP contribution in [0, 0.1) is 0 Å². The maximum absolute atomic E-state index is 13.7. The van der Waals surface area contributed by atoms with Gasteiger partial charge in [0.15, 0.2) is 0 Å². The molecule has 5 amide bonds. The molecule has 1 saturated heterocycles. The van der Waals surface area contributed by atoms with E-state index in [0.29, 0.717) is 19.4 Å². The Hall–Kier alpha value is -2.42. The summed E-state index contributed by atoms with van der Waals surface area (Å²) in [6.45, 7) is 0.330. The summed E-state index contributed by atoms with van der Waals surface area (Å²) in [5, 5.41) is 9.88. The van der Waals surface area contributed by atoms with Crippen molar-refractivity contribution in [2.45, 2.75) is 88.4 Å². The maximum atomic E-state index is 13.7. The van der Waals surface area contributed by atoms with Crippen LogP contribution in [0.25, 0.3) is 0 Å². The zero-order valence-electron chi connectivity index (χ0n) is 17.7. The summed E-state index contributed by atoms with van der Waals surface area (Å²) in [7, 11) is 0. The van der Waals surface area contributed by atoms with Gasteiger partial charge in [-0.25, -0.2) is 4.79 Å². The molecule has 168 valence electrons. The molecule has 1 unspecified atom stereocenters. The second kappa shape index (κ2) is 9.38. The molecule has 31 heavy (non-hydrogen) atoms. The Morgan fingerprint density at radius 1 is 1.13 bits per heavy atom. The van der Waals surface area contributed by atoms with Gasteiger partial charge in [0.25, 0.3) is 5.91 Å². The van der Waals surface area contributed by atoms with Crippen molar-refractivity contribution in [2.24, 2.45) is 0 Å². The van der Waals surface area contributed by atoms with E-state index in [2.05, 4.69) is 16.0 Å². The van der Waals surface area contributed by atoms with Gasteiger partial charge in [0.2, 0.25) is 11.8 Å². The van der Waals surface area contributed by atoms with Crippen LogP contribution in [0.5, 0.6) is 0 Å². The number of hydrogen-bond acceptors (Lipinski definition) is 5. The fourth-order valence-electron chi connectivity index (χ4n) is 5.07. The van der Waals surface area contributed by atoms with Crippen LogP contribution in [0.15, 0.2) is 17.5 Å². The first-order chi connectivity index (χ1) is 15.0. The van der Waals surface area contributed by atoms with Crippen molar-refractivity contribution in [1.82, 2.24) is 20.9 Å². The van der Waals surface area contributed by atoms with Gasteiger partial charge in [-0.1, -0.05) is 38.2 Å². The van der Waals surface area contributed by atoms with E-state index in [1.807, 2.05) is 17.5 Å². The lowest BCUT2D eigenvalue weighted by Crippen LogP contribution is -2.62. The van der Waals surface area contributed by atoms with E-state index in [4.69, 9.17) is 0 Å². The predicted octanol–water partition coefficient (Wildman–Crippen LogP) is 2.44. The third-order valence-corrected chi connectivity index (χ3v) is 7.60. The third-order valence-electron chi connectivity index (χ3n) is 6.74. The van der Waals surface area contributed by atoms with Gasteiger partial charge >= 0.3 is 6.03 Å². The van der Waals surface area contributed by atoms with Crippen molar-refractivity contribution in [3.8, 4) is 0 Å². The van der Waals surface area contributed by atoms with E-state index in [9.17, 15) is 19.2 Å². The fraction of sp³-hybridized carbons (Fsp3) is 0.636. The number of carbonyl (C=O) groups is 4. The fourth-order valence-corrected chi connectivity index (χ4v) is 5.76. The number of imide groups is 1. The minimum absolute atomic E-state index is 0.0658. The van der Waals surface area contributed by atoms with Gasteiger partial charge in [-0.2, -0.15) is 0 Å². The lowest BCUT2D eigenvalue weighted by Gasteiger charge is -2.45. The Kier molecular flexibility index (Phi) is 6.60. The molecule has 2 heterocycles. The normalized spacial score (nSPS) is 23.3. The van der Waals surface area contributed by atoms with Crippen LogP contribution >= 0.6 is 11.3 Å². The molecule has 9 heteroatoms. The Balaban J connectivity index is 1.61. The van der Waals surface area contributed by atoms with Crippen LogP contribution in [0.3, 0.4) is 0 Å². The number of urea groups is 1. The molecule has 3 aliphatic rings. The molecule has 3 N–H and O–H groups in total. The summed E-state index contributed by atoms with van der Waals surface area (Å²) in [5.41, 5.74) is -0.916. The van der Waals surface area contributed by atoms with Gasteiger partial charge in [0.05, 0.1) is 13.0 Å². The molecular formula is C22H30N4O4S. The zero-order valence-corrected chi connectivity index (χ0v) is 18.5. The summed E-state index contributed by atoms with van der Waals surface area (Å²) in [6, 6.07) is 2.58. The number of hydrogen-bond donors (Lipinski definition) is 3. The van der Waals surface area contributed by atoms with Gasteiger partial charge in [0, 0.05) is 10.9 Å². The lowest BCUT2D eigenvalue weighted by atomic mass is 9.78. The molecule has 1 aliphatic heterocycles. The maximum Gasteiger partial charge on any atom is 0.322 e. The molecule has 0 radical (unpaired) electrons. The van der Waals surface area contributed by atoms with Crippen molar-refractivity contribution < 1.29 is 19.2 Å². The van der Waals surface area contributed by atoms with Gasteiger partial charge in [0.1, 0.15) is 11.6 Å². The molecule has 0 spiro atoms. The van der Waals surface area contributed by atoms with Crippen molar-refractivity contribution >= 4 is 35.1 Å². The minimum atomic E-state index is -0.916. The number of nitrogens with one attached hydrogen (secondary N) is 3. The number of nitrogens with zero attached hydrogens (tertiary/aromatic N) is 1. The summed E-state index contributed by atoms with van der Waals surface area (Å²) < 4.78 is 0. The highest BCUT2D eigenvalue weighted by atomic mass is 32.1. The van der Waals surface area contributed by atoms with Crippen LogP contribution in [0.2, 0.25) is 0 Å². The van der Waals surface area contributed by atoms with Gasteiger partial charge < -0.3 is 15.5 Å². The minimum Gasteiger partial charge on any atom is -0.351 e. The first-order valence-corrected chi connectivity index (χ1v) is 12.1. The quantitative estimate of drug-likeness (QED) is 0.559. The topological polar surface area (TPSA) is 108 Å². The molecule has 2 saturated carbocycles. The molecular weight excluding hydrogens is 416 g/mol. The van der Waals surface area contributed by atoms with Crippen LogP contribution in [-0.2, 0) is 20.9 Å². The second-order valence-corrected chi connectivity index (χ2v) is 9.86. The van der Waals surface area contributed by atoms with E-state index in [0.717, 1.165) is 49.8 Å². The molecule has 0 bridgehead atoms. The van der Waals surface area contributed by atoms with Crippen molar-refractivity contribution in [3.63, 3.8) is 0 Å². The molecule has 1 atom stereocenters. The average molecular weight is 447 g/mol. The molecule has 3 fully saturated rings. The van der Waals surface area contributed by atoms with Crippen LogP contribution in [0.4, 0.5) is 4.79 Å². The summed E-state index contributed by atoms with van der Waals surface area (Å²) >= 11 is 1.55. The predicted molar refractivity (Wildman–Crippen MR) is 116 cm³/mol. The molecule has 4 rings (SSSR count). The van der Waals surface area contributed by atoms with E-state index in [-0.39, 0.29) is 24.3 Å². The highest BCUT2D eigenvalue weighted by molar-refractivity contribution is 7.09. The third kappa shape index (κ3) is 4.76. The summed E-state index contributed by atoms with van der Waals surface area (Å²) in [5.74, 6) is -0.842. The summed E-state index contributed by atoms with van der Waals surface area (Å²) in [4.78, 5) is 53.4. The number of thiophene rings is 1. The van der Waals surface area contributed by atoms with Crippen molar-refractivity contribution in [3.05, 3.63) is 22.4 Å². The first-order valence-electron chi connectivity index (χ1n) is 11.2. The smallest absolute Gasteiger partial charge is 0.322 e. The van der Waals surface area contributed by atoms with E-state index < -0.39 is 23.5 Å². The van der Waals surface area contributed by atoms with Crippen molar-refractivity contribution in [1.29, 1.82) is 0 Å². The van der Waals surface area contributed by atoms with Gasteiger partial charge in [-0.15, -0.1) is 11.3 Å². The Morgan fingerprint density at radius 3 is 2.48 bits per heavy atom. The highest BCUT2D eigenvalue weighted by Crippen LogP contribution is 2.37. The highest BCUT2D eigenvalue weighted by Gasteiger charge is 2.48.